The van der Waals surface area contributed by atoms with Crippen LogP contribution >= 0.6 is 0 Å². The summed E-state index contributed by atoms with van der Waals surface area (Å²) < 4.78 is 7.75. The normalized spacial score (nSPS) is 17.9. The first kappa shape index (κ1) is 13.1. The highest BCUT2D eigenvalue weighted by Gasteiger charge is 2.24. The third-order valence-electron chi connectivity index (χ3n) is 3.58. The molecule has 2 N–H and O–H groups in total. The molecule has 1 unspecified atom stereocenters. The van der Waals surface area contributed by atoms with Crippen LogP contribution in [0.25, 0.3) is 0 Å². The molecule has 0 fully saturated rings. The molecule has 2 aromatic rings. The SMILES string of the molecule is CCOC1CCCn2nc(Cc3ccc(N)cc3)nc21. The first-order valence-corrected chi connectivity index (χ1v) is 7.16. The van der Waals surface area contributed by atoms with Gasteiger partial charge in [-0.3, -0.25) is 0 Å². The van der Waals surface area contributed by atoms with Gasteiger partial charge >= 0.3 is 0 Å². The van der Waals surface area contributed by atoms with Crippen molar-refractivity contribution in [1.29, 1.82) is 0 Å². The summed E-state index contributed by atoms with van der Waals surface area (Å²) in [5.74, 6) is 1.83. The van der Waals surface area contributed by atoms with Gasteiger partial charge in [-0.1, -0.05) is 12.1 Å². The van der Waals surface area contributed by atoms with Gasteiger partial charge in [0.2, 0.25) is 0 Å². The molecule has 1 atom stereocenters. The first-order chi connectivity index (χ1) is 9.76. The van der Waals surface area contributed by atoms with Crippen molar-refractivity contribution in [2.45, 2.75) is 38.8 Å². The van der Waals surface area contributed by atoms with E-state index in [4.69, 9.17) is 10.5 Å². The molecule has 0 saturated carbocycles. The van der Waals surface area contributed by atoms with Gasteiger partial charge in [-0.2, -0.15) is 5.10 Å². The van der Waals surface area contributed by atoms with Crippen molar-refractivity contribution in [1.82, 2.24) is 14.8 Å². The Labute approximate surface area is 118 Å². The molecule has 0 amide bonds. The number of hydrogen-bond donors (Lipinski definition) is 1. The maximum atomic E-state index is 5.75. The second kappa shape index (κ2) is 5.63. The lowest BCUT2D eigenvalue weighted by Gasteiger charge is -2.21. The van der Waals surface area contributed by atoms with Crippen molar-refractivity contribution in [3.63, 3.8) is 0 Å². The third-order valence-corrected chi connectivity index (χ3v) is 3.58. The van der Waals surface area contributed by atoms with Crippen LogP contribution in [0.2, 0.25) is 0 Å². The zero-order valence-electron chi connectivity index (χ0n) is 11.7. The van der Waals surface area contributed by atoms with Crippen LogP contribution in [0.3, 0.4) is 0 Å². The lowest BCUT2D eigenvalue weighted by Crippen LogP contribution is -2.19. The Kier molecular flexibility index (Phi) is 3.69. The van der Waals surface area contributed by atoms with Gasteiger partial charge in [-0.25, -0.2) is 9.67 Å². The largest absolute Gasteiger partial charge is 0.399 e. The minimum absolute atomic E-state index is 0.0985. The molecule has 1 aliphatic heterocycles. The van der Waals surface area contributed by atoms with E-state index >= 15 is 0 Å². The average molecular weight is 272 g/mol. The van der Waals surface area contributed by atoms with Gasteiger partial charge in [0.15, 0.2) is 11.6 Å². The van der Waals surface area contributed by atoms with Gasteiger partial charge in [0.1, 0.15) is 6.10 Å². The quantitative estimate of drug-likeness (QED) is 0.867. The van der Waals surface area contributed by atoms with Crippen molar-refractivity contribution >= 4 is 5.69 Å². The number of hydrogen-bond acceptors (Lipinski definition) is 4. The van der Waals surface area contributed by atoms with E-state index in [1.165, 1.54) is 5.56 Å². The summed E-state index contributed by atoms with van der Waals surface area (Å²) in [7, 11) is 0. The fourth-order valence-electron chi connectivity index (χ4n) is 2.61. The monoisotopic (exact) mass is 272 g/mol. The predicted molar refractivity (Wildman–Crippen MR) is 77.3 cm³/mol. The summed E-state index contributed by atoms with van der Waals surface area (Å²) >= 11 is 0. The lowest BCUT2D eigenvalue weighted by atomic mass is 10.1. The van der Waals surface area contributed by atoms with E-state index in [1.54, 1.807) is 0 Å². The molecular formula is C15H20N4O. The molecule has 3 rings (SSSR count). The number of rotatable bonds is 4. The summed E-state index contributed by atoms with van der Waals surface area (Å²) in [4.78, 5) is 4.66. The highest BCUT2D eigenvalue weighted by atomic mass is 16.5. The second-order valence-electron chi connectivity index (χ2n) is 5.11. The van der Waals surface area contributed by atoms with Gasteiger partial charge in [-0.05, 0) is 37.5 Å². The second-order valence-corrected chi connectivity index (χ2v) is 5.11. The van der Waals surface area contributed by atoms with Crippen molar-refractivity contribution in [3.05, 3.63) is 41.5 Å². The van der Waals surface area contributed by atoms with Gasteiger partial charge in [0, 0.05) is 25.3 Å². The Balaban J connectivity index is 1.80. The van der Waals surface area contributed by atoms with Crippen LogP contribution in [0.5, 0.6) is 0 Å². The summed E-state index contributed by atoms with van der Waals surface area (Å²) in [5.41, 5.74) is 7.66. The van der Waals surface area contributed by atoms with Crippen molar-refractivity contribution < 1.29 is 4.74 Å². The van der Waals surface area contributed by atoms with Crippen LogP contribution in [0, 0.1) is 0 Å². The minimum Gasteiger partial charge on any atom is -0.399 e. The molecule has 20 heavy (non-hydrogen) atoms. The van der Waals surface area contributed by atoms with Crippen LogP contribution in [0.15, 0.2) is 24.3 Å². The molecule has 1 aromatic carbocycles. The lowest BCUT2D eigenvalue weighted by molar-refractivity contribution is 0.0349. The molecule has 0 radical (unpaired) electrons. The van der Waals surface area contributed by atoms with Crippen molar-refractivity contribution in [3.8, 4) is 0 Å². The Morgan fingerprint density at radius 3 is 2.90 bits per heavy atom. The molecule has 0 saturated heterocycles. The number of aromatic nitrogens is 3. The fraction of sp³-hybridized carbons (Fsp3) is 0.467. The standard InChI is InChI=1S/C15H20N4O/c1-2-20-13-4-3-9-19-15(13)17-14(18-19)10-11-5-7-12(16)8-6-11/h5-8,13H,2-4,9-10,16H2,1H3. The van der Waals surface area contributed by atoms with E-state index < -0.39 is 0 Å². The molecule has 1 aromatic heterocycles. The van der Waals surface area contributed by atoms with Gasteiger partial charge < -0.3 is 10.5 Å². The molecule has 106 valence electrons. The van der Waals surface area contributed by atoms with E-state index in [9.17, 15) is 0 Å². The number of benzene rings is 1. The zero-order chi connectivity index (χ0) is 13.9. The molecular weight excluding hydrogens is 252 g/mol. The number of nitrogens with two attached hydrogens (primary N) is 1. The number of fused-ring (bicyclic) bond motifs is 1. The summed E-state index contributed by atoms with van der Waals surface area (Å²) in [6, 6.07) is 7.87. The average Bonchev–Trinajstić information content (AvgIpc) is 2.85. The summed E-state index contributed by atoms with van der Waals surface area (Å²) in [6.45, 7) is 3.67. The number of nitrogens with zero attached hydrogens (tertiary/aromatic N) is 3. The Morgan fingerprint density at radius 1 is 1.35 bits per heavy atom. The van der Waals surface area contributed by atoms with Gasteiger partial charge in [-0.15, -0.1) is 0 Å². The molecule has 5 nitrogen and oxygen atoms in total. The topological polar surface area (TPSA) is 66.0 Å². The van der Waals surface area contributed by atoms with Crippen molar-refractivity contribution in [2.75, 3.05) is 12.3 Å². The van der Waals surface area contributed by atoms with E-state index in [0.717, 1.165) is 43.1 Å². The molecule has 2 heterocycles. The molecule has 0 spiro atoms. The van der Waals surface area contributed by atoms with E-state index in [1.807, 2.05) is 35.9 Å². The van der Waals surface area contributed by atoms with Crippen LogP contribution < -0.4 is 5.73 Å². The summed E-state index contributed by atoms with van der Waals surface area (Å²) in [5, 5.41) is 4.60. The Hall–Kier alpha value is -1.88. The number of nitrogen functional groups attached to an aromatic ring is 1. The molecule has 0 bridgehead atoms. The predicted octanol–water partition coefficient (Wildman–Crippen LogP) is 2.32. The van der Waals surface area contributed by atoms with Crippen LogP contribution in [0.4, 0.5) is 5.69 Å². The summed E-state index contributed by atoms with van der Waals surface area (Å²) in [6.07, 6.45) is 2.97. The highest BCUT2D eigenvalue weighted by Crippen LogP contribution is 2.26. The third kappa shape index (κ3) is 2.67. The molecule has 1 aliphatic rings. The molecule has 0 aliphatic carbocycles. The first-order valence-electron chi connectivity index (χ1n) is 7.16. The smallest absolute Gasteiger partial charge is 0.156 e. The van der Waals surface area contributed by atoms with E-state index in [-0.39, 0.29) is 6.10 Å². The van der Waals surface area contributed by atoms with E-state index in [2.05, 4.69) is 10.1 Å². The van der Waals surface area contributed by atoms with Crippen LogP contribution in [0.1, 0.15) is 43.1 Å². The van der Waals surface area contributed by atoms with Gasteiger partial charge in [0.05, 0.1) is 0 Å². The van der Waals surface area contributed by atoms with E-state index in [0.29, 0.717) is 6.61 Å². The van der Waals surface area contributed by atoms with Gasteiger partial charge in [0.25, 0.3) is 0 Å². The highest BCUT2D eigenvalue weighted by molar-refractivity contribution is 5.39. The maximum Gasteiger partial charge on any atom is 0.156 e. The minimum atomic E-state index is 0.0985. The Morgan fingerprint density at radius 2 is 2.15 bits per heavy atom. The Bertz CT molecular complexity index is 576. The fourth-order valence-corrected chi connectivity index (χ4v) is 2.61. The number of ether oxygens (including phenoxy) is 1. The number of aryl methyl sites for hydroxylation is 1. The zero-order valence-corrected chi connectivity index (χ0v) is 11.7. The maximum absolute atomic E-state index is 5.75. The number of anilines is 1. The molecule has 5 heteroatoms. The van der Waals surface area contributed by atoms with Crippen molar-refractivity contribution in [2.24, 2.45) is 0 Å². The van der Waals surface area contributed by atoms with Crippen LogP contribution in [-0.4, -0.2) is 21.4 Å². The van der Waals surface area contributed by atoms with Crippen LogP contribution in [-0.2, 0) is 17.7 Å².